The Morgan fingerprint density at radius 1 is 1.12 bits per heavy atom. The van der Waals surface area contributed by atoms with Gasteiger partial charge in [-0.25, -0.2) is 4.98 Å². The van der Waals surface area contributed by atoms with Crippen molar-refractivity contribution in [2.75, 3.05) is 0 Å². The quantitative estimate of drug-likeness (QED) is 0.433. The summed E-state index contributed by atoms with van der Waals surface area (Å²) in [5.74, 6) is 0. The van der Waals surface area contributed by atoms with Gasteiger partial charge in [0.15, 0.2) is 0 Å². The Kier molecular flexibility index (Phi) is 2.04. The van der Waals surface area contributed by atoms with Crippen LogP contribution in [-0.4, -0.2) is 9.97 Å². The van der Waals surface area contributed by atoms with E-state index in [1.165, 1.54) is 0 Å². The Morgan fingerprint density at radius 2 is 1.94 bits per heavy atom. The topological polar surface area (TPSA) is 25.8 Å². The van der Waals surface area contributed by atoms with Crippen LogP contribution in [0.2, 0.25) is 5.15 Å². The molecule has 0 atom stereocenters. The number of fused-ring (bicyclic) bond motifs is 3. The van der Waals surface area contributed by atoms with Gasteiger partial charge in [0.2, 0.25) is 0 Å². The molecule has 1 aromatic carbocycles. The zero-order valence-electron chi connectivity index (χ0n) is 8.74. The van der Waals surface area contributed by atoms with Gasteiger partial charge in [0.25, 0.3) is 0 Å². The number of aromatic nitrogens is 2. The van der Waals surface area contributed by atoms with Crippen LogP contribution in [0, 0.1) is 6.92 Å². The Balaban J connectivity index is 2.55. The first-order valence-corrected chi connectivity index (χ1v) is 5.43. The number of benzene rings is 1. The van der Waals surface area contributed by atoms with E-state index in [4.69, 9.17) is 11.6 Å². The Hall–Kier alpha value is -1.67. The monoisotopic (exact) mass is 228 g/mol. The second kappa shape index (κ2) is 3.42. The number of nitrogens with zero attached hydrogens (tertiary/aromatic N) is 2. The summed E-state index contributed by atoms with van der Waals surface area (Å²) < 4.78 is 0. The lowest BCUT2D eigenvalue weighted by Crippen LogP contribution is -1.86. The van der Waals surface area contributed by atoms with Gasteiger partial charge < -0.3 is 0 Å². The van der Waals surface area contributed by atoms with Gasteiger partial charge in [-0.3, -0.25) is 4.98 Å². The van der Waals surface area contributed by atoms with Crippen LogP contribution in [0.3, 0.4) is 0 Å². The van der Waals surface area contributed by atoms with E-state index in [1.807, 2.05) is 19.2 Å². The minimum Gasteiger partial charge on any atom is -0.264 e. The number of aryl methyl sites for hydroxylation is 1. The highest BCUT2D eigenvalue weighted by molar-refractivity contribution is 6.30. The van der Waals surface area contributed by atoms with Crippen LogP contribution in [0.15, 0.2) is 36.7 Å². The number of halogens is 1. The van der Waals surface area contributed by atoms with E-state index in [1.54, 1.807) is 6.20 Å². The minimum absolute atomic E-state index is 0.566. The van der Waals surface area contributed by atoms with Gasteiger partial charge in [0.05, 0.1) is 5.52 Å². The fraction of sp³-hybridized carbons (Fsp3) is 0.0769. The van der Waals surface area contributed by atoms with Crippen molar-refractivity contribution in [1.29, 1.82) is 0 Å². The molecule has 2 aromatic heterocycles. The molecule has 0 radical (unpaired) electrons. The fourth-order valence-electron chi connectivity index (χ4n) is 1.89. The molecule has 0 amide bonds. The Bertz CT molecular complexity index is 692. The number of hydrogen-bond donors (Lipinski definition) is 0. The van der Waals surface area contributed by atoms with E-state index < -0.39 is 0 Å². The largest absolute Gasteiger partial charge is 0.264 e. The first-order chi connectivity index (χ1) is 7.75. The van der Waals surface area contributed by atoms with E-state index in [9.17, 15) is 0 Å². The molecule has 78 valence electrons. The minimum atomic E-state index is 0.566. The summed E-state index contributed by atoms with van der Waals surface area (Å²) in [4.78, 5) is 8.54. The molecule has 2 heterocycles. The molecule has 0 aliphatic carbocycles. The van der Waals surface area contributed by atoms with Gasteiger partial charge in [-0.1, -0.05) is 23.7 Å². The molecule has 0 saturated heterocycles. The summed E-state index contributed by atoms with van der Waals surface area (Å²) in [5, 5.41) is 3.86. The molecule has 0 saturated carbocycles. The van der Waals surface area contributed by atoms with Gasteiger partial charge in [-0.15, -0.1) is 0 Å². The predicted molar refractivity (Wildman–Crippen MR) is 66.8 cm³/mol. The highest BCUT2D eigenvalue weighted by atomic mass is 35.5. The Morgan fingerprint density at radius 3 is 2.81 bits per heavy atom. The molecule has 0 fully saturated rings. The summed E-state index contributed by atoms with van der Waals surface area (Å²) in [6, 6.07) is 8.14. The van der Waals surface area contributed by atoms with E-state index in [0.29, 0.717) is 5.15 Å². The molecule has 3 aromatic rings. The third kappa shape index (κ3) is 1.34. The lowest BCUT2D eigenvalue weighted by molar-refractivity contribution is 1.33. The second-order valence-corrected chi connectivity index (χ2v) is 4.19. The average molecular weight is 229 g/mol. The zero-order chi connectivity index (χ0) is 11.1. The SMILES string of the molecule is Cc1cc2ccc3cnccc3c2nc1Cl. The fourth-order valence-corrected chi connectivity index (χ4v) is 2.03. The zero-order valence-corrected chi connectivity index (χ0v) is 9.49. The van der Waals surface area contributed by atoms with Gasteiger partial charge >= 0.3 is 0 Å². The van der Waals surface area contributed by atoms with Crippen molar-refractivity contribution in [3.8, 4) is 0 Å². The van der Waals surface area contributed by atoms with Crippen LogP contribution in [0.5, 0.6) is 0 Å². The molecule has 0 aliphatic heterocycles. The third-order valence-corrected chi connectivity index (χ3v) is 3.11. The molecule has 16 heavy (non-hydrogen) atoms. The summed E-state index contributed by atoms with van der Waals surface area (Å²) in [6.07, 6.45) is 3.61. The highest BCUT2D eigenvalue weighted by Crippen LogP contribution is 2.26. The molecule has 3 rings (SSSR count). The van der Waals surface area contributed by atoms with Crippen molar-refractivity contribution in [1.82, 2.24) is 9.97 Å². The normalized spacial score (nSPS) is 11.1. The maximum atomic E-state index is 6.06. The summed E-state index contributed by atoms with van der Waals surface area (Å²) >= 11 is 6.06. The molecular weight excluding hydrogens is 220 g/mol. The third-order valence-electron chi connectivity index (χ3n) is 2.73. The van der Waals surface area contributed by atoms with Crippen LogP contribution in [0.1, 0.15) is 5.56 Å². The molecule has 3 heteroatoms. The molecule has 0 spiro atoms. The van der Waals surface area contributed by atoms with E-state index in [2.05, 4.69) is 28.2 Å². The van der Waals surface area contributed by atoms with Crippen LogP contribution in [-0.2, 0) is 0 Å². The predicted octanol–water partition coefficient (Wildman–Crippen LogP) is 3.74. The lowest BCUT2D eigenvalue weighted by atomic mass is 10.1. The maximum Gasteiger partial charge on any atom is 0.132 e. The highest BCUT2D eigenvalue weighted by Gasteiger charge is 2.04. The van der Waals surface area contributed by atoms with Crippen LogP contribution in [0.25, 0.3) is 21.7 Å². The molecule has 0 aliphatic rings. The Labute approximate surface area is 97.9 Å². The van der Waals surface area contributed by atoms with Gasteiger partial charge in [0, 0.05) is 28.6 Å². The smallest absolute Gasteiger partial charge is 0.132 e. The lowest BCUT2D eigenvalue weighted by Gasteiger charge is -2.04. The van der Waals surface area contributed by atoms with E-state index >= 15 is 0 Å². The van der Waals surface area contributed by atoms with Crippen LogP contribution in [0.4, 0.5) is 0 Å². The summed E-state index contributed by atoms with van der Waals surface area (Å²) in [6.45, 7) is 1.96. The number of hydrogen-bond acceptors (Lipinski definition) is 2. The van der Waals surface area contributed by atoms with Crippen molar-refractivity contribution in [2.24, 2.45) is 0 Å². The van der Waals surface area contributed by atoms with Crippen LogP contribution < -0.4 is 0 Å². The molecule has 0 unspecified atom stereocenters. The standard InChI is InChI=1S/C13H9ClN2/c1-8-6-9-2-3-10-7-15-5-4-11(10)12(9)16-13(8)14/h2-7H,1H3. The summed E-state index contributed by atoms with van der Waals surface area (Å²) in [7, 11) is 0. The average Bonchev–Trinajstić information content (AvgIpc) is 2.31. The maximum absolute atomic E-state index is 6.06. The van der Waals surface area contributed by atoms with E-state index in [-0.39, 0.29) is 0 Å². The second-order valence-electron chi connectivity index (χ2n) is 3.83. The van der Waals surface area contributed by atoms with Gasteiger partial charge in [0.1, 0.15) is 5.15 Å². The van der Waals surface area contributed by atoms with Crippen molar-refractivity contribution in [3.63, 3.8) is 0 Å². The molecule has 0 N–H and O–H groups in total. The first-order valence-electron chi connectivity index (χ1n) is 5.05. The van der Waals surface area contributed by atoms with Crippen LogP contribution >= 0.6 is 11.6 Å². The molecule has 2 nitrogen and oxygen atoms in total. The number of rotatable bonds is 0. The van der Waals surface area contributed by atoms with Gasteiger partial charge in [-0.05, 0) is 24.6 Å². The molecular formula is C13H9ClN2. The van der Waals surface area contributed by atoms with Crippen molar-refractivity contribution in [3.05, 3.63) is 47.4 Å². The van der Waals surface area contributed by atoms with Crippen molar-refractivity contribution in [2.45, 2.75) is 6.92 Å². The van der Waals surface area contributed by atoms with Gasteiger partial charge in [-0.2, -0.15) is 0 Å². The van der Waals surface area contributed by atoms with E-state index in [0.717, 1.165) is 27.2 Å². The molecule has 0 bridgehead atoms. The van der Waals surface area contributed by atoms with Crippen molar-refractivity contribution >= 4 is 33.3 Å². The number of pyridine rings is 2. The summed E-state index contributed by atoms with van der Waals surface area (Å²) in [5.41, 5.74) is 1.94. The van der Waals surface area contributed by atoms with Crippen molar-refractivity contribution < 1.29 is 0 Å². The first kappa shape index (κ1) is 9.55.